The van der Waals surface area contributed by atoms with Gasteiger partial charge in [0.05, 0.1) is 22.5 Å². The van der Waals surface area contributed by atoms with Crippen molar-refractivity contribution in [1.82, 2.24) is 14.8 Å². The number of carbonyl (C=O) groups excluding carboxylic acids is 1. The Bertz CT molecular complexity index is 1190. The third-order valence-electron chi connectivity index (χ3n) is 5.10. The number of carboxylic acid groups (broad SMARTS) is 1. The molecule has 5 nitrogen and oxygen atoms in total. The second-order valence-electron chi connectivity index (χ2n) is 7.26. The predicted octanol–water partition coefficient (Wildman–Crippen LogP) is 4.23. The molecule has 2 aromatic heterocycles. The first-order chi connectivity index (χ1) is 14.5. The zero-order chi connectivity index (χ0) is 21.1. The Labute approximate surface area is 179 Å². The number of aryl methyl sites for hydroxylation is 1. The molecule has 0 saturated carbocycles. The summed E-state index contributed by atoms with van der Waals surface area (Å²) in [7, 11) is 0. The molecule has 0 spiro atoms. The average molecular weight is 417 g/mol. The Balaban J connectivity index is 1.73. The van der Waals surface area contributed by atoms with E-state index in [0.717, 1.165) is 37.7 Å². The molecule has 2 aromatic carbocycles. The van der Waals surface area contributed by atoms with E-state index in [9.17, 15) is 9.90 Å². The number of hydrogen-bond donors (Lipinski definition) is 0. The Kier molecular flexibility index (Phi) is 5.77. The summed E-state index contributed by atoms with van der Waals surface area (Å²) in [5.74, 6) is -1.06. The lowest BCUT2D eigenvalue weighted by Gasteiger charge is -2.07. The Morgan fingerprint density at radius 3 is 2.53 bits per heavy atom. The summed E-state index contributed by atoms with van der Waals surface area (Å²) in [5, 5.41) is 16.7. The number of aliphatic carboxylic acids is 1. The van der Waals surface area contributed by atoms with Crippen LogP contribution in [0.5, 0.6) is 0 Å². The van der Waals surface area contributed by atoms with Crippen LogP contribution in [0.3, 0.4) is 0 Å². The summed E-state index contributed by atoms with van der Waals surface area (Å²) in [6, 6.07) is 18.1. The van der Waals surface area contributed by atoms with Gasteiger partial charge >= 0.3 is 0 Å². The molecular formula is C24H22N3O2S-. The van der Waals surface area contributed by atoms with Crippen LogP contribution in [-0.4, -0.2) is 20.7 Å². The number of fused-ring (bicyclic) bond motifs is 1. The van der Waals surface area contributed by atoms with Gasteiger partial charge in [-0.2, -0.15) is 5.10 Å². The molecule has 6 heteroatoms. The molecule has 0 bridgehead atoms. The van der Waals surface area contributed by atoms with Crippen molar-refractivity contribution in [2.45, 2.75) is 33.2 Å². The van der Waals surface area contributed by atoms with Crippen LogP contribution < -0.4 is 5.11 Å². The topological polar surface area (TPSA) is 70.8 Å². The van der Waals surface area contributed by atoms with Gasteiger partial charge in [-0.1, -0.05) is 42.5 Å². The van der Waals surface area contributed by atoms with Crippen LogP contribution in [0, 0.1) is 13.8 Å². The number of carbonyl (C=O) groups is 1. The molecular weight excluding hydrogens is 394 g/mol. The van der Waals surface area contributed by atoms with Gasteiger partial charge in [0.15, 0.2) is 0 Å². The minimum atomic E-state index is -1.06. The minimum Gasteiger partial charge on any atom is -0.550 e. The van der Waals surface area contributed by atoms with Crippen molar-refractivity contribution < 1.29 is 9.90 Å². The van der Waals surface area contributed by atoms with E-state index >= 15 is 0 Å². The number of hydrogen-bond acceptors (Lipinski definition) is 5. The summed E-state index contributed by atoms with van der Waals surface area (Å²) < 4.78 is 3.07. The number of carboxylic acids is 1. The molecule has 4 aromatic rings. The van der Waals surface area contributed by atoms with E-state index in [1.807, 2.05) is 67.1 Å². The van der Waals surface area contributed by atoms with Crippen LogP contribution in [0.15, 0.2) is 54.6 Å². The summed E-state index contributed by atoms with van der Waals surface area (Å²) in [6.45, 7) is 4.72. The number of rotatable bonds is 7. The van der Waals surface area contributed by atoms with Gasteiger partial charge in [-0.15, -0.1) is 11.3 Å². The fraction of sp³-hybridized carbons (Fsp3) is 0.208. The number of benzene rings is 2. The highest BCUT2D eigenvalue weighted by Crippen LogP contribution is 2.32. The molecule has 0 unspecified atom stereocenters. The Morgan fingerprint density at radius 2 is 1.80 bits per heavy atom. The smallest absolute Gasteiger partial charge is 0.120 e. The summed E-state index contributed by atoms with van der Waals surface area (Å²) in [5.41, 5.74) is 5.97. The predicted molar refractivity (Wildman–Crippen MR) is 119 cm³/mol. The maximum atomic E-state index is 11.1. The van der Waals surface area contributed by atoms with Gasteiger partial charge in [0.25, 0.3) is 0 Å². The molecule has 4 rings (SSSR count). The molecule has 0 atom stereocenters. The van der Waals surface area contributed by atoms with Crippen molar-refractivity contribution in [2.75, 3.05) is 0 Å². The van der Waals surface area contributed by atoms with Crippen LogP contribution in [0.2, 0.25) is 0 Å². The molecule has 0 amide bonds. The molecule has 0 radical (unpaired) electrons. The number of aromatic nitrogens is 3. The molecule has 0 fully saturated rings. The van der Waals surface area contributed by atoms with E-state index in [0.29, 0.717) is 13.0 Å². The molecule has 0 saturated heterocycles. The molecule has 2 heterocycles. The second kappa shape index (κ2) is 8.63. The van der Waals surface area contributed by atoms with Gasteiger partial charge in [0, 0.05) is 17.2 Å². The van der Waals surface area contributed by atoms with E-state index in [4.69, 9.17) is 10.1 Å². The third-order valence-corrected chi connectivity index (χ3v) is 6.21. The van der Waals surface area contributed by atoms with E-state index in [-0.39, 0.29) is 6.42 Å². The highest BCUT2D eigenvalue weighted by atomic mass is 32.1. The maximum absolute atomic E-state index is 11.1. The van der Waals surface area contributed by atoms with Gasteiger partial charge < -0.3 is 9.90 Å². The fourth-order valence-corrected chi connectivity index (χ4v) is 4.50. The minimum absolute atomic E-state index is 0.0436. The van der Waals surface area contributed by atoms with E-state index < -0.39 is 5.97 Å². The summed E-state index contributed by atoms with van der Waals surface area (Å²) in [6.07, 6.45) is 2.36. The van der Waals surface area contributed by atoms with Gasteiger partial charge in [0.1, 0.15) is 5.01 Å². The van der Waals surface area contributed by atoms with Crippen LogP contribution in [0.1, 0.15) is 40.4 Å². The zero-order valence-electron chi connectivity index (χ0n) is 17.0. The first-order valence-corrected chi connectivity index (χ1v) is 10.7. The second-order valence-corrected chi connectivity index (χ2v) is 8.29. The van der Waals surface area contributed by atoms with E-state index in [1.165, 1.54) is 5.56 Å². The highest BCUT2D eigenvalue weighted by molar-refractivity contribution is 7.19. The van der Waals surface area contributed by atoms with Gasteiger partial charge in [-0.3, -0.25) is 4.68 Å². The van der Waals surface area contributed by atoms with Crippen LogP contribution in [0.25, 0.3) is 21.9 Å². The lowest BCUT2D eigenvalue weighted by molar-refractivity contribution is -0.305. The lowest BCUT2D eigenvalue weighted by atomic mass is 10.1. The molecule has 0 aliphatic carbocycles. The first-order valence-electron chi connectivity index (χ1n) is 9.85. The van der Waals surface area contributed by atoms with Crippen molar-refractivity contribution >= 4 is 39.2 Å². The monoisotopic (exact) mass is 416 g/mol. The molecule has 30 heavy (non-hydrogen) atoms. The number of allylic oxidation sites excluding steroid dienone is 1. The number of para-hydroxylation sites is 1. The highest BCUT2D eigenvalue weighted by Gasteiger charge is 2.14. The third kappa shape index (κ3) is 4.33. The molecule has 152 valence electrons. The van der Waals surface area contributed by atoms with Crippen LogP contribution in [-0.2, 0) is 11.3 Å². The standard InChI is InChI=1S/C24H23N3O2S/c1-16-20(17(2)27(26-16)15-18-8-4-3-5-9-18)14-19(12-13-23(28)29)24-25-21-10-6-7-11-22(21)30-24/h3-11,14H,12-13,15H2,1-2H3,(H,28,29)/p-1/b19-14+. The fourth-order valence-electron chi connectivity index (χ4n) is 3.49. The summed E-state index contributed by atoms with van der Waals surface area (Å²) in [4.78, 5) is 15.9. The van der Waals surface area contributed by atoms with Gasteiger partial charge in [0.2, 0.25) is 0 Å². The van der Waals surface area contributed by atoms with Crippen molar-refractivity contribution in [3.63, 3.8) is 0 Å². The first kappa shape index (κ1) is 20.0. The van der Waals surface area contributed by atoms with Crippen molar-refractivity contribution in [2.24, 2.45) is 0 Å². The van der Waals surface area contributed by atoms with Crippen molar-refractivity contribution in [3.05, 3.63) is 82.1 Å². The van der Waals surface area contributed by atoms with Gasteiger partial charge in [-0.05, 0) is 56.0 Å². The van der Waals surface area contributed by atoms with E-state index in [1.54, 1.807) is 11.3 Å². The molecule has 0 aliphatic rings. The maximum Gasteiger partial charge on any atom is 0.120 e. The lowest BCUT2D eigenvalue weighted by Crippen LogP contribution is -2.21. The number of nitrogens with zero attached hydrogens (tertiary/aromatic N) is 3. The summed E-state index contributed by atoms with van der Waals surface area (Å²) >= 11 is 1.58. The SMILES string of the molecule is Cc1nn(Cc2ccccc2)c(C)c1/C=C(\CCC(=O)[O-])c1nc2ccccc2s1. The van der Waals surface area contributed by atoms with Crippen LogP contribution in [0.4, 0.5) is 0 Å². The average Bonchev–Trinajstić information content (AvgIpc) is 3.27. The van der Waals surface area contributed by atoms with Crippen molar-refractivity contribution in [3.8, 4) is 0 Å². The van der Waals surface area contributed by atoms with Crippen LogP contribution >= 0.6 is 11.3 Å². The quantitative estimate of drug-likeness (QED) is 0.452. The van der Waals surface area contributed by atoms with Crippen molar-refractivity contribution in [1.29, 1.82) is 0 Å². The van der Waals surface area contributed by atoms with E-state index in [2.05, 4.69) is 12.1 Å². The Hall–Kier alpha value is -3.25. The molecule has 0 N–H and O–H groups in total. The molecule has 0 aliphatic heterocycles. The number of thiazole rings is 1. The largest absolute Gasteiger partial charge is 0.550 e. The van der Waals surface area contributed by atoms with Gasteiger partial charge in [-0.25, -0.2) is 4.98 Å². The normalized spacial score (nSPS) is 11.9. The Morgan fingerprint density at radius 1 is 1.07 bits per heavy atom. The zero-order valence-corrected chi connectivity index (χ0v) is 17.8.